The number of imidazole rings is 1. The van der Waals surface area contributed by atoms with E-state index in [0.717, 1.165) is 37.3 Å². The van der Waals surface area contributed by atoms with Crippen molar-refractivity contribution in [3.8, 4) is 0 Å². The average molecular weight is 255 g/mol. The number of nitrogens with zero attached hydrogens (tertiary/aromatic N) is 2. The molecule has 0 aliphatic rings. The van der Waals surface area contributed by atoms with Crippen LogP contribution in [0.3, 0.4) is 0 Å². The quantitative estimate of drug-likeness (QED) is 0.771. The molecule has 0 unspecified atom stereocenters. The van der Waals surface area contributed by atoms with Crippen LogP contribution in [0.15, 0.2) is 55.1 Å². The highest BCUT2D eigenvalue weighted by molar-refractivity contribution is 5.19. The third-order valence-electron chi connectivity index (χ3n) is 2.99. The predicted octanol–water partition coefficient (Wildman–Crippen LogP) is 2.93. The molecule has 3 heteroatoms. The monoisotopic (exact) mass is 255 g/mol. The van der Waals surface area contributed by atoms with E-state index in [4.69, 9.17) is 0 Å². The second kappa shape index (κ2) is 6.78. The van der Waals surface area contributed by atoms with E-state index in [1.165, 1.54) is 5.56 Å². The number of benzene rings is 1. The van der Waals surface area contributed by atoms with Crippen LogP contribution in [0.4, 0.5) is 0 Å². The van der Waals surface area contributed by atoms with Crippen LogP contribution in [0.2, 0.25) is 0 Å². The molecular formula is C16H21N3. The fraction of sp³-hybridized carbons (Fsp3) is 0.312. The van der Waals surface area contributed by atoms with Crippen LogP contribution < -0.4 is 5.32 Å². The molecule has 19 heavy (non-hydrogen) atoms. The van der Waals surface area contributed by atoms with Crippen molar-refractivity contribution in [2.45, 2.75) is 26.3 Å². The second-order valence-corrected chi connectivity index (χ2v) is 4.80. The highest BCUT2D eigenvalue weighted by Crippen LogP contribution is 2.04. The van der Waals surface area contributed by atoms with Crippen LogP contribution in [0, 0.1) is 6.92 Å². The van der Waals surface area contributed by atoms with Crippen LogP contribution in [0.25, 0.3) is 0 Å². The maximum Gasteiger partial charge on any atom is 0.0949 e. The Balaban J connectivity index is 1.64. The van der Waals surface area contributed by atoms with Crippen LogP contribution >= 0.6 is 0 Å². The van der Waals surface area contributed by atoms with Gasteiger partial charge in [-0.25, -0.2) is 4.98 Å². The molecule has 1 heterocycles. The molecule has 0 saturated heterocycles. The molecule has 0 atom stereocenters. The number of hydrogen-bond acceptors (Lipinski definition) is 2. The smallest absolute Gasteiger partial charge is 0.0949 e. The van der Waals surface area contributed by atoms with Gasteiger partial charge >= 0.3 is 0 Å². The Bertz CT molecular complexity index is 514. The summed E-state index contributed by atoms with van der Waals surface area (Å²) >= 11 is 0. The minimum Gasteiger partial charge on any atom is -0.388 e. The summed E-state index contributed by atoms with van der Waals surface area (Å²) < 4.78 is 2.12. The third kappa shape index (κ3) is 4.62. The van der Waals surface area contributed by atoms with Crippen molar-refractivity contribution in [3.63, 3.8) is 0 Å². The molecular weight excluding hydrogens is 234 g/mol. The standard InChI is InChI=1S/C16H21N3/c1-14(11-16-7-4-3-5-8-16)17-9-6-10-19-12-15(2)18-13-19/h3-5,7-8,12-13,17H,1,6,9-11H2,2H3. The van der Waals surface area contributed by atoms with Gasteiger partial charge in [0.05, 0.1) is 12.0 Å². The van der Waals surface area contributed by atoms with Gasteiger partial charge in [-0.15, -0.1) is 0 Å². The summed E-state index contributed by atoms with van der Waals surface area (Å²) in [4.78, 5) is 4.21. The van der Waals surface area contributed by atoms with Crippen LogP contribution in [-0.4, -0.2) is 16.1 Å². The fourth-order valence-corrected chi connectivity index (χ4v) is 2.03. The summed E-state index contributed by atoms with van der Waals surface area (Å²) in [7, 11) is 0. The van der Waals surface area contributed by atoms with Gasteiger partial charge in [-0.2, -0.15) is 0 Å². The van der Waals surface area contributed by atoms with Crippen LogP contribution in [-0.2, 0) is 13.0 Å². The second-order valence-electron chi connectivity index (χ2n) is 4.80. The molecule has 0 radical (unpaired) electrons. The minimum absolute atomic E-state index is 0.894. The first-order valence-electron chi connectivity index (χ1n) is 6.68. The van der Waals surface area contributed by atoms with Crippen molar-refractivity contribution in [1.82, 2.24) is 14.9 Å². The molecule has 2 rings (SSSR count). The zero-order valence-electron chi connectivity index (χ0n) is 11.5. The largest absolute Gasteiger partial charge is 0.388 e. The molecule has 0 bridgehead atoms. The Morgan fingerprint density at radius 1 is 1.32 bits per heavy atom. The maximum absolute atomic E-state index is 4.21. The highest BCUT2D eigenvalue weighted by atomic mass is 15.0. The summed E-state index contributed by atoms with van der Waals surface area (Å²) in [5, 5.41) is 3.38. The lowest BCUT2D eigenvalue weighted by Gasteiger charge is -2.09. The van der Waals surface area contributed by atoms with E-state index in [9.17, 15) is 0 Å². The zero-order chi connectivity index (χ0) is 13.5. The van der Waals surface area contributed by atoms with Gasteiger partial charge in [0, 0.05) is 31.4 Å². The Morgan fingerprint density at radius 3 is 2.79 bits per heavy atom. The maximum atomic E-state index is 4.21. The number of nitrogens with one attached hydrogen (secondary N) is 1. The van der Waals surface area contributed by atoms with Crippen molar-refractivity contribution in [1.29, 1.82) is 0 Å². The lowest BCUT2D eigenvalue weighted by molar-refractivity contribution is 0.610. The Kier molecular flexibility index (Phi) is 4.78. The lowest BCUT2D eigenvalue weighted by Crippen LogP contribution is -2.17. The molecule has 2 aromatic rings. The van der Waals surface area contributed by atoms with Crippen molar-refractivity contribution in [2.75, 3.05) is 6.54 Å². The van der Waals surface area contributed by atoms with E-state index >= 15 is 0 Å². The average Bonchev–Trinajstić information content (AvgIpc) is 2.82. The summed E-state index contributed by atoms with van der Waals surface area (Å²) in [6, 6.07) is 10.4. The molecule has 100 valence electrons. The van der Waals surface area contributed by atoms with E-state index in [1.54, 1.807) is 0 Å². The predicted molar refractivity (Wildman–Crippen MR) is 78.9 cm³/mol. The molecule has 1 N–H and O–H groups in total. The lowest BCUT2D eigenvalue weighted by atomic mass is 10.1. The van der Waals surface area contributed by atoms with Crippen molar-refractivity contribution in [3.05, 3.63) is 66.4 Å². The fourth-order valence-electron chi connectivity index (χ4n) is 2.03. The van der Waals surface area contributed by atoms with E-state index in [2.05, 4.69) is 51.9 Å². The van der Waals surface area contributed by atoms with Crippen molar-refractivity contribution in [2.24, 2.45) is 0 Å². The van der Waals surface area contributed by atoms with Gasteiger partial charge in [-0.3, -0.25) is 0 Å². The third-order valence-corrected chi connectivity index (χ3v) is 2.99. The Morgan fingerprint density at radius 2 is 2.11 bits per heavy atom. The van der Waals surface area contributed by atoms with E-state index in [-0.39, 0.29) is 0 Å². The molecule has 3 nitrogen and oxygen atoms in total. The van der Waals surface area contributed by atoms with Gasteiger partial charge < -0.3 is 9.88 Å². The Labute approximate surface area is 115 Å². The molecule has 0 spiro atoms. The molecule has 0 saturated carbocycles. The van der Waals surface area contributed by atoms with E-state index in [0.29, 0.717) is 0 Å². The first-order chi connectivity index (χ1) is 9.24. The van der Waals surface area contributed by atoms with Crippen LogP contribution in [0.5, 0.6) is 0 Å². The van der Waals surface area contributed by atoms with Crippen LogP contribution in [0.1, 0.15) is 17.7 Å². The zero-order valence-corrected chi connectivity index (χ0v) is 11.5. The van der Waals surface area contributed by atoms with Crippen molar-refractivity contribution < 1.29 is 0 Å². The van der Waals surface area contributed by atoms with Gasteiger partial charge in [0.25, 0.3) is 0 Å². The van der Waals surface area contributed by atoms with Crippen molar-refractivity contribution >= 4 is 0 Å². The molecule has 0 aliphatic carbocycles. The van der Waals surface area contributed by atoms with E-state index in [1.807, 2.05) is 19.3 Å². The first kappa shape index (κ1) is 13.4. The number of rotatable bonds is 7. The normalized spacial score (nSPS) is 10.4. The number of allylic oxidation sites excluding steroid dienone is 1. The summed E-state index contributed by atoms with van der Waals surface area (Å²) in [6.45, 7) is 8.02. The summed E-state index contributed by atoms with van der Waals surface area (Å²) in [5.41, 5.74) is 3.44. The molecule has 0 aliphatic heterocycles. The molecule has 0 fully saturated rings. The topological polar surface area (TPSA) is 29.9 Å². The SMILES string of the molecule is C=C(Cc1ccccc1)NCCCn1cnc(C)c1. The number of hydrogen-bond donors (Lipinski definition) is 1. The summed E-state index contributed by atoms with van der Waals surface area (Å²) in [5.74, 6) is 0. The summed E-state index contributed by atoms with van der Waals surface area (Å²) in [6.07, 6.45) is 5.92. The van der Waals surface area contributed by atoms with Gasteiger partial charge in [0.15, 0.2) is 0 Å². The van der Waals surface area contributed by atoms with E-state index < -0.39 is 0 Å². The Hall–Kier alpha value is -2.03. The highest BCUT2D eigenvalue weighted by Gasteiger charge is 1.97. The number of aryl methyl sites for hydroxylation is 2. The van der Waals surface area contributed by atoms with Gasteiger partial charge in [0.1, 0.15) is 0 Å². The van der Waals surface area contributed by atoms with Gasteiger partial charge in [-0.05, 0) is 18.9 Å². The molecule has 0 amide bonds. The number of aromatic nitrogens is 2. The van der Waals surface area contributed by atoms with Gasteiger partial charge in [0.2, 0.25) is 0 Å². The van der Waals surface area contributed by atoms with Gasteiger partial charge in [-0.1, -0.05) is 36.9 Å². The molecule has 1 aromatic heterocycles. The first-order valence-corrected chi connectivity index (χ1v) is 6.68. The minimum atomic E-state index is 0.894. The molecule has 1 aromatic carbocycles.